The highest BCUT2D eigenvalue weighted by Crippen LogP contribution is 2.34. The summed E-state index contributed by atoms with van der Waals surface area (Å²) in [5, 5.41) is 15.5. The van der Waals surface area contributed by atoms with Crippen LogP contribution in [0.5, 0.6) is 0 Å². The molecule has 1 fully saturated rings. The molecule has 3 rings (SSSR count). The van der Waals surface area contributed by atoms with Gasteiger partial charge < -0.3 is 5.11 Å². The maximum Gasteiger partial charge on any atom is 0.330 e. The molecule has 0 bridgehead atoms. The smallest absolute Gasteiger partial charge is 0.330 e. The Morgan fingerprint density at radius 2 is 1.37 bits per heavy atom. The molecule has 0 spiro atoms. The maximum absolute atomic E-state index is 11.6. The number of nitrogens with zero attached hydrogens (tertiary/aromatic N) is 1. The van der Waals surface area contributed by atoms with Crippen molar-refractivity contribution in [1.29, 1.82) is 0 Å². The van der Waals surface area contributed by atoms with Gasteiger partial charge in [-0.05, 0) is 57.2 Å². The predicted octanol–water partition coefficient (Wildman–Crippen LogP) is 3.71. The van der Waals surface area contributed by atoms with E-state index in [-0.39, 0.29) is 0 Å². The van der Waals surface area contributed by atoms with Gasteiger partial charge in [0.1, 0.15) is 5.60 Å². The maximum atomic E-state index is 11.6. The van der Waals surface area contributed by atoms with E-state index in [1.165, 1.54) is 19.3 Å². The van der Waals surface area contributed by atoms with E-state index >= 15 is 0 Å². The Kier molecular flexibility index (Phi) is 9.00. The fourth-order valence-electron chi connectivity index (χ4n) is 4.32. The fourth-order valence-corrected chi connectivity index (χ4v) is 4.32. The summed E-state index contributed by atoms with van der Waals surface area (Å²) >= 11 is 0. The summed E-state index contributed by atoms with van der Waals surface area (Å²) in [7, 11) is -4.17. The number of aliphatic hydroxyl groups is 1. The number of hydrogen-bond acceptors (Lipinski definition) is 4. The molecule has 0 aromatic heterocycles. The minimum Gasteiger partial charge on any atom is -0.380 e. The average molecular weight is 435 g/mol. The Morgan fingerprint density at radius 1 is 0.967 bits per heavy atom. The molecule has 1 aliphatic rings. The molecule has 4 N–H and O–H groups in total. The van der Waals surface area contributed by atoms with Crippen molar-refractivity contribution in [2.45, 2.75) is 63.6 Å². The molecule has 0 saturated carbocycles. The SMILES string of the molecule is CC1CCCC(C)N1CCCC(O)(c1ccccc1)c1ccccc1.NS(=O)(=O)O. The summed E-state index contributed by atoms with van der Waals surface area (Å²) in [6.07, 6.45) is 5.68. The molecule has 0 aliphatic carbocycles. The molecule has 2 atom stereocenters. The van der Waals surface area contributed by atoms with Crippen LogP contribution < -0.4 is 5.14 Å². The highest BCUT2D eigenvalue weighted by atomic mass is 32.2. The van der Waals surface area contributed by atoms with Gasteiger partial charge in [-0.2, -0.15) is 8.42 Å². The van der Waals surface area contributed by atoms with Crippen LogP contribution in [0.3, 0.4) is 0 Å². The lowest BCUT2D eigenvalue weighted by molar-refractivity contribution is 0.0522. The predicted molar refractivity (Wildman–Crippen MR) is 120 cm³/mol. The molecule has 30 heavy (non-hydrogen) atoms. The lowest BCUT2D eigenvalue weighted by atomic mass is 9.82. The Hall–Kier alpha value is -1.77. The van der Waals surface area contributed by atoms with E-state index in [9.17, 15) is 5.11 Å². The first-order chi connectivity index (χ1) is 14.1. The zero-order valence-corrected chi connectivity index (χ0v) is 18.6. The highest BCUT2D eigenvalue weighted by Gasteiger charge is 2.32. The van der Waals surface area contributed by atoms with Crippen LogP contribution in [0.4, 0.5) is 0 Å². The normalized spacial score (nSPS) is 20.3. The molecular formula is C23H34N2O4S. The van der Waals surface area contributed by atoms with E-state index in [1.54, 1.807) is 0 Å². The Bertz CT molecular complexity index is 802. The summed E-state index contributed by atoms with van der Waals surface area (Å²) in [4.78, 5) is 2.62. The van der Waals surface area contributed by atoms with E-state index in [0.717, 1.165) is 30.5 Å². The van der Waals surface area contributed by atoms with Crippen molar-refractivity contribution in [1.82, 2.24) is 4.90 Å². The number of rotatable bonds is 6. The third kappa shape index (κ3) is 7.49. The molecule has 7 heteroatoms. The summed E-state index contributed by atoms with van der Waals surface area (Å²) in [6, 6.07) is 21.5. The zero-order valence-electron chi connectivity index (χ0n) is 17.8. The van der Waals surface area contributed by atoms with E-state index < -0.39 is 15.9 Å². The van der Waals surface area contributed by atoms with Crippen LogP contribution in [-0.2, 0) is 15.9 Å². The van der Waals surface area contributed by atoms with E-state index in [2.05, 4.69) is 23.9 Å². The molecule has 1 heterocycles. The number of likely N-dealkylation sites (tertiary alicyclic amines) is 1. The third-order valence-corrected chi connectivity index (χ3v) is 5.83. The van der Waals surface area contributed by atoms with Gasteiger partial charge in [0.25, 0.3) is 0 Å². The molecule has 2 aromatic rings. The van der Waals surface area contributed by atoms with Crippen molar-refractivity contribution in [2.24, 2.45) is 5.14 Å². The van der Waals surface area contributed by atoms with Crippen molar-refractivity contribution < 1.29 is 18.1 Å². The largest absolute Gasteiger partial charge is 0.380 e. The van der Waals surface area contributed by atoms with Gasteiger partial charge in [0, 0.05) is 12.1 Å². The molecule has 166 valence electrons. The lowest BCUT2D eigenvalue weighted by Crippen LogP contribution is -2.44. The second-order valence-corrected chi connectivity index (χ2v) is 9.11. The average Bonchev–Trinajstić information content (AvgIpc) is 2.70. The van der Waals surface area contributed by atoms with Gasteiger partial charge in [0.05, 0.1) is 0 Å². The Morgan fingerprint density at radius 3 is 1.77 bits per heavy atom. The molecule has 0 radical (unpaired) electrons. The molecule has 6 nitrogen and oxygen atoms in total. The monoisotopic (exact) mass is 434 g/mol. The molecule has 1 aliphatic heterocycles. The number of hydrogen-bond donors (Lipinski definition) is 3. The van der Waals surface area contributed by atoms with Crippen LogP contribution >= 0.6 is 0 Å². The van der Waals surface area contributed by atoms with Crippen molar-refractivity contribution in [3.8, 4) is 0 Å². The van der Waals surface area contributed by atoms with Crippen molar-refractivity contribution >= 4 is 10.3 Å². The van der Waals surface area contributed by atoms with Crippen molar-refractivity contribution in [3.05, 3.63) is 71.8 Å². The highest BCUT2D eigenvalue weighted by molar-refractivity contribution is 7.83. The van der Waals surface area contributed by atoms with Gasteiger partial charge in [-0.15, -0.1) is 0 Å². The second-order valence-electron chi connectivity index (χ2n) is 8.08. The first-order valence-corrected chi connectivity index (χ1v) is 12.0. The summed E-state index contributed by atoms with van der Waals surface area (Å²) in [6.45, 7) is 5.75. The molecule has 1 saturated heterocycles. The first-order valence-electron chi connectivity index (χ1n) is 10.5. The number of piperidine rings is 1. The van der Waals surface area contributed by atoms with Gasteiger partial charge >= 0.3 is 10.3 Å². The Labute approximate surface area is 180 Å². The van der Waals surface area contributed by atoms with Gasteiger partial charge in [0.2, 0.25) is 0 Å². The van der Waals surface area contributed by atoms with Gasteiger partial charge in [-0.1, -0.05) is 67.1 Å². The number of nitrogens with two attached hydrogens (primary N) is 1. The van der Waals surface area contributed by atoms with E-state index in [4.69, 9.17) is 13.0 Å². The summed E-state index contributed by atoms with van der Waals surface area (Å²) in [5.74, 6) is 0. The second kappa shape index (κ2) is 11.0. The van der Waals surface area contributed by atoms with Gasteiger partial charge in [-0.25, -0.2) is 5.14 Å². The van der Waals surface area contributed by atoms with Crippen molar-refractivity contribution in [3.63, 3.8) is 0 Å². The van der Waals surface area contributed by atoms with Crippen LogP contribution in [0, 0.1) is 0 Å². The number of benzene rings is 2. The molecule has 2 unspecified atom stereocenters. The summed E-state index contributed by atoms with van der Waals surface area (Å²) < 4.78 is 25.2. The van der Waals surface area contributed by atoms with Gasteiger partial charge in [0.15, 0.2) is 0 Å². The minimum absolute atomic E-state index is 0.658. The molecular weight excluding hydrogens is 400 g/mol. The minimum atomic E-state index is -4.17. The quantitative estimate of drug-likeness (QED) is 0.601. The van der Waals surface area contributed by atoms with E-state index in [0.29, 0.717) is 12.1 Å². The first kappa shape index (κ1) is 24.5. The van der Waals surface area contributed by atoms with Crippen LogP contribution in [0.25, 0.3) is 0 Å². The van der Waals surface area contributed by atoms with Crippen LogP contribution in [0.15, 0.2) is 60.7 Å². The van der Waals surface area contributed by atoms with Gasteiger partial charge in [-0.3, -0.25) is 9.45 Å². The molecule has 0 amide bonds. The zero-order chi connectivity index (χ0) is 22.2. The standard InChI is InChI=1S/C23H31NO.H3NO3S/c1-19-11-9-12-20(2)24(19)18-10-17-23(25,21-13-5-3-6-14-21)22-15-7-4-8-16-22;1-5(2,3)4/h3-8,13-16,19-20,25H,9-12,17-18H2,1-2H3;(H3,1,2,3,4). The van der Waals surface area contributed by atoms with Crippen molar-refractivity contribution in [2.75, 3.05) is 6.54 Å². The van der Waals surface area contributed by atoms with Crippen LogP contribution in [-0.4, -0.2) is 41.6 Å². The lowest BCUT2D eigenvalue weighted by Gasteiger charge is -2.40. The molecule has 2 aromatic carbocycles. The van der Waals surface area contributed by atoms with E-state index in [1.807, 2.05) is 60.7 Å². The third-order valence-electron chi connectivity index (χ3n) is 5.83. The van der Waals surface area contributed by atoms with Crippen LogP contribution in [0.2, 0.25) is 0 Å². The fraction of sp³-hybridized carbons (Fsp3) is 0.478. The van der Waals surface area contributed by atoms with Crippen LogP contribution in [0.1, 0.15) is 57.1 Å². The Balaban J connectivity index is 0.000000575. The topological polar surface area (TPSA) is 104 Å². The summed E-state index contributed by atoms with van der Waals surface area (Å²) in [5.41, 5.74) is 1.06.